The molecule has 1 aromatic carbocycles. The summed E-state index contributed by atoms with van der Waals surface area (Å²) in [6, 6.07) is 8.92. The summed E-state index contributed by atoms with van der Waals surface area (Å²) >= 11 is 0. The van der Waals surface area contributed by atoms with Crippen LogP contribution in [0, 0.1) is 12.8 Å². The quantitative estimate of drug-likeness (QED) is 0.905. The zero-order valence-corrected chi connectivity index (χ0v) is 12.9. The van der Waals surface area contributed by atoms with E-state index in [4.69, 9.17) is 0 Å². The average molecular weight is 284 g/mol. The molecule has 3 aliphatic rings. The number of benzene rings is 1. The van der Waals surface area contributed by atoms with Gasteiger partial charge in [0.05, 0.1) is 5.54 Å². The second-order valence-electron chi connectivity index (χ2n) is 7.19. The van der Waals surface area contributed by atoms with Gasteiger partial charge in [0.15, 0.2) is 0 Å². The fraction of sp³-hybridized carbons (Fsp3) is 0.611. The third kappa shape index (κ3) is 1.94. The van der Waals surface area contributed by atoms with Gasteiger partial charge < -0.3 is 4.90 Å². The van der Waals surface area contributed by atoms with E-state index < -0.39 is 0 Å². The molecule has 112 valence electrons. The molecule has 1 aromatic rings. The summed E-state index contributed by atoms with van der Waals surface area (Å²) in [7, 11) is 0. The van der Waals surface area contributed by atoms with E-state index in [9.17, 15) is 4.79 Å². The first-order valence-electron chi connectivity index (χ1n) is 8.28. The van der Waals surface area contributed by atoms with Crippen molar-refractivity contribution in [1.29, 1.82) is 0 Å². The molecule has 1 aliphatic heterocycles. The second kappa shape index (κ2) is 4.57. The molecule has 3 nitrogen and oxygen atoms in total. The van der Waals surface area contributed by atoms with Crippen molar-refractivity contribution in [2.75, 3.05) is 0 Å². The van der Waals surface area contributed by atoms with E-state index in [1.807, 2.05) is 0 Å². The van der Waals surface area contributed by atoms with Gasteiger partial charge in [0, 0.05) is 6.04 Å². The molecule has 2 saturated carbocycles. The van der Waals surface area contributed by atoms with Gasteiger partial charge in [-0.2, -0.15) is 0 Å². The largest absolute Gasteiger partial charge is 0.318 e. The number of carbonyl (C=O) groups is 1. The Kier molecular flexibility index (Phi) is 2.90. The summed E-state index contributed by atoms with van der Waals surface area (Å²) in [4.78, 5) is 15.3. The highest BCUT2D eigenvalue weighted by Gasteiger charge is 2.57. The minimum absolute atomic E-state index is 0.0757. The third-order valence-corrected chi connectivity index (χ3v) is 5.70. The Morgan fingerprint density at radius 2 is 1.90 bits per heavy atom. The fourth-order valence-electron chi connectivity index (χ4n) is 4.25. The molecule has 3 atom stereocenters. The molecule has 1 N–H and O–H groups in total. The number of nitrogens with zero attached hydrogens (tertiary/aromatic N) is 1. The predicted octanol–water partition coefficient (Wildman–Crippen LogP) is 3.15. The van der Waals surface area contributed by atoms with E-state index >= 15 is 0 Å². The molecule has 1 amide bonds. The zero-order chi connectivity index (χ0) is 14.6. The first kappa shape index (κ1) is 13.3. The number of amides is 1. The van der Waals surface area contributed by atoms with E-state index in [-0.39, 0.29) is 11.7 Å². The lowest BCUT2D eigenvalue weighted by Gasteiger charge is -2.26. The first-order chi connectivity index (χ1) is 10.1. The summed E-state index contributed by atoms with van der Waals surface area (Å²) in [6.45, 7) is 4.40. The van der Waals surface area contributed by atoms with Crippen LogP contribution in [0.15, 0.2) is 24.3 Å². The molecule has 3 fully saturated rings. The van der Waals surface area contributed by atoms with Crippen molar-refractivity contribution in [3.63, 3.8) is 0 Å². The van der Waals surface area contributed by atoms with Gasteiger partial charge in [-0.15, -0.1) is 0 Å². The molecule has 3 unspecified atom stereocenters. The Morgan fingerprint density at radius 3 is 2.52 bits per heavy atom. The van der Waals surface area contributed by atoms with Crippen LogP contribution in [-0.4, -0.2) is 22.4 Å². The molecule has 0 aromatic heterocycles. The minimum Gasteiger partial charge on any atom is -0.318 e. The Labute approximate surface area is 126 Å². The highest BCUT2D eigenvalue weighted by atomic mass is 16.2. The normalized spacial score (nSPS) is 33.9. The Morgan fingerprint density at radius 1 is 1.24 bits per heavy atom. The smallest absolute Gasteiger partial charge is 0.244 e. The fourth-order valence-corrected chi connectivity index (χ4v) is 4.25. The van der Waals surface area contributed by atoms with E-state index in [0.29, 0.717) is 17.9 Å². The van der Waals surface area contributed by atoms with Crippen molar-refractivity contribution in [2.45, 2.75) is 63.7 Å². The van der Waals surface area contributed by atoms with Crippen LogP contribution in [0.2, 0.25) is 0 Å². The molecule has 4 rings (SSSR count). The van der Waals surface area contributed by atoms with Crippen LogP contribution in [0.5, 0.6) is 0 Å². The SMILES string of the molecule is Cc1ccccc1C1NC2(CCCC2)C(=O)N1C1CC1C. The van der Waals surface area contributed by atoms with Crippen molar-refractivity contribution in [3.8, 4) is 0 Å². The first-order valence-corrected chi connectivity index (χ1v) is 8.28. The minimum atomic E-state index is -0.269. The van der Waals surface area contributed by atoms with Crippen LogP contribution in [0.4, 0.5) is 0 Å². The molecule has 0 bridgehead atoms. The van der Waals surface area contributed by atoms with Gasteiger partial charge in [-0.3, -0.25) is 10.1 Å². The number of rotatable bonds is 2. The molecule has 21 heavy (non-hydrogen) atoms. The van der Waals surface area contributed by atoms with E-state index in [0.717, 1.165) is 19.3 Å². The zero-order valence-electron chi connectivity index (χ0n) is 12.9. The molecule has 3 heteroatoms. The molecular weight excluding hydrogens is 260 g/mol. The second-order valence-corrected chi connectivity index (χ2v) is 7.19. The van der Waals surface area contributed by atoms with Crippen LogP contribution >= 0.6 is 0 Å². The molecule has 0 radical (unpaired) electrons. The Balaban J connectivity index is 1.74. The van der Waals surface area contributed by atoms with Crippen LogP contribution < -0.4 is 5.32 Å². The maximum Gasteiger partial charge on any atom is 0.244 e. The van der Waals surface area contributed by atoms with Gasteiger partial charge in [-0.05, 0) is 43.2 Å². The highest BCUT2D eigenvalue weighted by molar-refractivity contribution is 5.90. The predicted molar refractivity (Wildman–Crippen MR) is 82.7 cm³/mol. The summed E-state index contributed by atoms with van der Waals surface area (Å²) in [5, 5.41) is 3.74. The van der Waals surface area contributed by atoms with Crippen LogP contribution in [-0.2, 0) is 4.79 Å². The van der Waals surface area contributed by atoms with Crippen molar-refractivity contribution in [3.05, 3.63) is 35.4 Å². The lowest BCUT2D eigenvalue weighted by molar-refractivity contribution is -0.134. The number of nitrogens with one attached hydrogen (secondary N) is 1. The molecular formula is C18H24N2O. The topological polar surface area (TPSA) is 32.3 Å². The van der Waals surface area contributed by atoms with E-state index in [2.05, 4.69) is 48.3 Å². The molecule has 1 saturated heterocycles. The molecule has 1 spiro atoms. The number of carbonyl (C=O) groups excluding carboxylic acids is 1. The molecule has 1 heterocycles. The standard InChI is InChI=1S/C18H24N2O/c1-12-7-3-4-8-14(12)16-19-18(9-5-6-10-18)17(21)20(16)15-11-13(15)2/h3-4,7-8,13,15-16,19H,5-6,9-11H2,1-2H3. The van der Waals surface area contributed by atoms with Crippen molar-refractivity contribution < 1.29 is 4.79 Å². The summed E-state index contributed by atoms with van der Waals surface area (Å²) in [5.41, 5.74) is 2.28. The number of hydrogen-bond acceptors (Lipinski definition) is 2. The van der Waals surface area contributed by atoms with Gasteiger partial charge in [0.25, 0.3) is 0 Å². The van der Waals surface area contributed by atoms with Crippen LogP contribution in [0.3, 0.4) is 0 Å². The lowest BCUT2D eigenvalue weighted by atomic mass is 9.98. The van der Waals surface area contributed by atoms with Gasteiger partial charge in [-0.1, -0.05) is 44.0 Å². The highest BCUT2D eigenvalue weighted by Crippen LogP contribution is 2.48. The van der Waals surface area contributed by atoms with Gasteiger partial charge in [0.1, 0.15) is 6.17 Å². The Hall–Kier alpha value is -1.35. The van der Waals surface area contributed by atoms with Gasteiger partial charge in [0.2, 0.25) is 5.91 Å². The summed E-state index contributed by atoms with van der Waals surface area (Å²) in [5.74, 6) is 1.02. The maximum absolute atomic E-state index is 13.1. The third-order valence-electron chi connectivity index (χ3n) is 5.70. The summed E-state index contributed by atoms with van der Waals surface area (Å²) < 4.78 is 0. The van der Waals surface area contributed by atoms with Crippen molar-refractivity contribution in [1.82, 2.24) is 10.2 Å². The molecule has 2 aliphatic carbocycles. The van der Waals surface area contributed by atoms with E-state index in [1.165, 1.54) is 24.0 Å². The summed E-state index contributed by atoms with van der Waals surface area (Å²) in [6.07, 6.45) is 5.59. The van der Waals surface area contributed by atoms with Gasteiger partial charge in [-0.25, -0.2) is 0 Å². The maximum atomic E-state index is 13.1. The van der Waals surface area contributed by atoms with Gasteiger partial charge >= 0.3 is 0 Å². The average Bonchev–Trinajstić information content (AvgIpc) is 2.91. The number of aryl methyl sites for hydroxylation is 1. The van der Waals surface area contributed by atoms with E-state index in [1.54, 1.807) is 0 Å². The van der Waals surface area contributed by atoms with Crippen molar-refractivity contribution >= 4 is 5.91 Å². The monoisotopic (exact) mass is 284 g/mol. The van der Waals surface area contributed by atoms with Crippen molar-refractivity contribution in [2.24, 2.45) is 5.92 Å². The Bertz CT molecular complexity index is 576. The number of hydrogen-bond donors (Lipinski definition) is 1. The van der Waals surface area contributed by atoms with Crippen LogP contribution in [0.25, 0.3) is 0 Å². The van der Waals surface area contributed by atoms with Crippen LogP contribution in [0.1, 0.15) is 56.3 Å². The lowest BCUT2D eigenvalue weighted by Crippen LogP contribution is -2.44.